The molecule has 2 aromatic carbocycles. The van der Waals surface area contributed by atoms with Crippen molar-refractivity contribution in [3.8, 4) is 17.2 Å². The summed E-state index contributed by atoms with van der Waals surface area (Å²) >= 11 is 0. The van der Waals surface area contributed by atoms with E-state index in [2.05, 4.69) is 29.6 Å². The predicted molar refractivity (Wildman–Crippen MR) is 124 cm³/mol. The van der Waals surface area contributed by atoms with Crippen molar-refractivity contribution in [2.24, 2.45) is 5.92 Å². The van der Waals surface area contributed by atoms with Crippen LogP contribution in [0.5, 0.6) is 17.2 Å². The molecule has 1 spiro atoms. The molecule has 1 saturated heterocycles. The molecule has 0 unspecified atom stereocenters. The zero-order chi connectivity index (χ0) is 21.0. The number of benzene rings is 2. The molecular formula is C26H30ClNO4. The number of hydrogen-bond donors (Lipinski definition) is 1. The standard InChI is InChI=1S/C26H29NO4.ClH/c1-29-22-15-21(30-13-5-8-16-6-3-2-4-7-16)17-14-19-18-9-10-20(28)25-26(18,11-12-27-19)23(17)24(22)31-25;/h2-4,6-7,15,18-19,25,27H,5,8-14H2,1H3;1H/t18-,19+,25-,26-;/m0./s1. The first kappa shape index (κ1) is 21.6. The molecule has 0 radical (unpaired) electrons. The lowest BCUT2D eigenvalue weighted by molar-refractivity contribution is -0.135. The molecule has 0 aromatic heterocycles. The molecule has 170 valence electrons. The van der Waals surface area contributed by atoms with Crippen molar-refractivity contribution in [1.29, 1.82) is 0 Å². The minimum absolute atomic E-state index is 0. The first-order chi connectivity index (χ1) is 15.2. The van der Waals surface area contributed by atoms with Gasteiger partial charge in [-0.15, -0.1) is 12.4 Å². The van der Waals surface area contributed by atoms with E-state index in [0.29, 0.717) is 30.7 Å². The number of Topliss-reactive ketones (excluding diaryl/α,β-unsaturated/α-hetero) is 1. The Morgan fingerprint density at radius 3 is 2.88 bits per heavy atom. The third kappa shape index (κ3) is 3.05. The first-order valence-electron chi connectivity index (χ1n) is 11.6. The number of carbonyl (C=O) groups excluding carboxylic acids is 1. The molecule has 4 atom stereocenters. The lowest BCUT2D eigenvalue weighted by Crippen LogP contribution is -2.65. The highest BCUT2D eigenvalue weighted by atomic mass is 35.5. The van der Waals surface area contributed by atoms with Crippen LogP contribution in [0.15, 0.2) is 36.4 Å². The van der Waals surface area contributed by atoms with Crippen molar-refractivity contribution in [3.63, 3.8) is 0 Å². The van der Waals surface area contributed by atoms with Crippen LogP contribution in [0, 0.1) is 5.92 Å². The summed E-state index contributed by atoms with van der Waals surface area (Å²) in [7, 11) is 1.67. The van der Waals surface area contributed by atoms with Gasteiger partial charge < -0.3 is 19.5 Å². The van der Waals surface area contributed by atoms with Crippen LogP contribution in [0.4, 0.5) is 0 Å². The second kappa shape index (κ2) is 8.27. The number of methoxy groups -OCH3 is 1. The summed E-state index contributed by atoms with van der Waals surface area (Å²) in [6, 6.07) is 12.9. The van der Waals surface area contributed by atoms with Gasteiger partial charge in [-0.25, -0.2) is 0 Å². The second-order valence-electron chi connectivity index (χ2n) is 9.36. The Morgan fingerprint density at radius 2 is 2.06 bits per heavy atom. The maximum absolute atomic E-state index is 12.9. The van der Waals surface area contributed by atoms with E-state index in [1.165, 1.54) is 16.7 Å². The van der Waals surface area contributed by atoms with Gasteiger partial charge in [-0.3, -0.25) is 4.79 Å². The van der Waals surface area contributed by atoms with Crippen LogP contribution < -0.4 is 19.5 Å². The molecule has 6 heteroatoms. The molecule has 5 nitrogen and oxygen atoms in total. The number of aryl methyl sites for hydroxylation is 1. The van der Waals surface area contributed by atoms with Crippen molar-refractivity contribution >= 4 is 18.2 Å². The molecule has 1 N–H and O–H groups in total. The fourth-order valence-electron chi connectivity index (χ4n) is 6.67. The highest BCUT2D eigenvalue weighted by Crippen LogP contribution is 2.63. The molecule has 4 aliphatic rings. The summed E-state index contributed by atoms with van der Waals surface area (Å²) in [6.45, 7) is 1.58. The molecule has 2 heterocycles. The summed E-state index contributed by atoms with van der Waals surface area (Å²) in [5.41, 5.74) is 3.55. The van der Waals surface area contributed by atoms with Gasteiger partial charge in [-0.1, -0.05) is 30.3 Å². The maximum Gasteiger partial charge on any atom is 0.174 e. The monoisotopic (exact) mass is 455 g/mol. The Bertz CT molecular complexity index is 1030. The second-order valence-corrected chi connectivity index (χ2v) is 9.36. The zero-order valence-electron chi connectivity index (χ0n) is 18.4. The number of ketones is 1. The molecule has 1 saturated carbocycles. The average Bonchev–Trinajstić information content (AvgIpc) is 3.13. The van der Waals surface area contributed by atoms with Gasteiger partial charge >= 0.3 is 0 Å². The van der Waals surface area contributed by atoms with Gasteiger partial charge in [-0.2, -0.15) is 0 Å². The maximum atomic E-state index is 12.9. The quantitative estimate of drug-likeness (QED) is 0.666. The van der Waals surface area contributed by atoms with Gasteiger partial charge in [0.1, 0.15) is 5.75 Å². The molecule has 0 amide bonds. The van der Waals surface area contributed by atoms with Crippen LogP contribution >= 0.6 is 12.4 Å². The van der Waals surface area contributed by atoms with Gasteiger partial charge in [0.25, 0.3) is 0 Å². The summed E-state index contributed by atoms with van der Waals surface area (Å²) in [5.74, 6) is 3.07. The topological polar surface area (TPSA) is 56.8 Å². The SMILES string of the molecule is COc1cc(OCCCc2ccccc2)c2c3c1O[C@H]1C(=O)CC[C@H]4[C@@H](C2)NCC[C@]314.Cl. The van der Waals surface area contributed by atoms with Gasteiger partial charge in [0.2, 0.25) is 0 Å². The number of halogens is 1. The van der Waals surface area contributed by atoms with Crippen LogP contribution in [0.3, 0.4) is 0 Å². The first-order valence-corrected chi connectivity index (χ1v) is 11.6. The fourth-order valence-corrected chi connectivity index (χ4v) is 6.67. The number of hydrogen-bond acceptors (Lipinski definition) is 5. The molecule has 2 bridgehead atoms. The van der Waals surface area contributed by atoms with Crippen LogP contribution in [0.25, 0.3) is 0 Å². The van der Waals surface area contributed by atoms with E-state index >= 15 is 0 Å². The number of rotatable bonds is 6. The Labute approximate surface area is 195 Å². The van der Waals surface area contributed by atoms with Crippen molar-refractivity contribution < 1.29 is 19.0 Å². The Hall–Kier alpha value is -2.24. The summed E-state index contributed by atoms with van der Waals surface area (Å²) in [4.78, 5) is 12.9. The van der Waals surface area contributed by atoms with Crippen molar-refractivity contribution in [1.82, 2.24) is 5.32 Å². The average molecular weight is 456 g/mol. The Kier molecular flexibility index (Phi) is 5.58. The Morgan fingerprint density at radius 1 is 1.22 bits per heavy atom. The van der Waals surface area contributed by atoms with E-state index in [1.807, 2.05) is 12.1 Å². The number of carbonyl (C=O) groups is 1. The fraction of sp³-hybridized carbons (Fsp3) is 0.500. The summed E-state index contributed by atoms with van der Waals surface area (Å²) < 4.78 is 18.5. The minimum atomic E-state index is -0.368. The molecule has 32 heavy (non-hydrogen) atoms. The highest BCUT2D eigenvalue weighted by Gasteiger charge is 2.65. The zero-order valence-corrected chi connectivity index (χ0v) is 19.2. The van der Waals surface area contributed by atoms with E-state index in [9.17, 15) is 4.79 Å². The molecule has 2 aliphatic carbocycles. The minimum Gasteiger partial charge on any atom is -0.493 e. The third-order valence-corrected chi connectivity index (χ3v) is 7.92. The number of piperidine rings is 1. The van der Waals surface area contributed by atoms with Crippen molar-refractivity contribution in [2.45, 2.75) is 56.1 Å². The van der Waals surface area contributed by atoms with E-state index in [4.69, 9.17) is 14.2 Å². The van der Waals surface area contributed by atoms with Crippen molar-refractivity contribution in [3.05, 3.63) is 53.1 Å². The van der Waals surface area contributed by atoms with Gasteiger partial charge in [0.15, 0.2) is 23.4 Å². The van der Waals surface area contributed by atoms with E-state index < -0.39 is 0 Å². The van der Waals surface area contributed by atoms with E-state index in [0.717, 1.165) is 50.1 Å². The largest absolute Gasteiger partial charge is 0.493 e. The summed E-state index contributed by atoms with van der Waals surface area (Å²) in [5, 5.41) is 3.73. The number of ether oxygens (including phenoxy) is 3. The number of nitrogens with one attached hydrogen (secondary N) is 1. The van der Waals surface area contributed by atoms with Crippen LogP contribution in [0.1, 0.15) is 42.4 Å². The van der Waals surface area contributed by atoms with E-state index in [1.54, 1.807) is 7.11 Å². The lowest BCUT2D eigenvalue weighted by atomic mass is 9.52. The van der Waals surface area contributed by atoms with Crippen molar-refractivity contribution in [2.75, 3.05) is 20.3 Å². The molecule has 2 fully saturated rings. The smallest absolute Gasteiger partial charge is 0.174 e. The van der Waals surface area contributed by atoms with E-state index in [-0.39, 0.29) is 29.7 Å². The van der Waals surface area contributed by atoms with Crippen LogP contribution in [-0.4, -0.2) is 38.2 Å². The van der Waals surface area contributed by atoms with Crippen LogP contribution in [-0.2, 0) is 23.1 Å². The molecule has 6 rings (SSSR count). The van der Waals surface area contributed by atoms with Gasteiger partial charge in [-0.05, 0) is 50.1 Å². The Balaban J connectivity index is 0.00000216. The molecule has 2 aromatic rings. The molecule has 2 aliphatic heterocycles. The molecular weight excluding hydrogens is 426 g/mol. The highest BCUT2D eigenvalue weighted by molar-refractivity contribution is 5.89. The van der Waals surface area contributed by atoms with Crippen LogP contribution in [0.2, 0.25) is 0 Å². The predicted octanol–water partition coefficient (Wildman–Crippen LogP) is 4.02. The lowest BCUT2D eigenvalue weighted by Gasteiger charge is -2.54. The normalized spacial score (nSPS) is 28.9. The van der Waals surface area contributed by atoms with Gasteiger partial charge in [0, 0.05) is 35.1 Å². The third-order valence-electron chi connectivity index (χ3n) is 7.92. The summed E-state index contributed by atoms with van der Waals surface area (Å²) in [6.07, 6.45) is 5.00. The van der Waals surface area contributed by atoms with Gasteiger partial charge in [0.05, 0.1) is 13.7 Å².